The van der Waals surface area contributed by atoms with Gasteiger partial charge in [0, 0.05) is 20.1 Å². The Morgan fingerprint density at radius 2 is 1.61 bits per heavy atom. The number of nitrogens with zero attached hydrogens (tertiary/aromatic N) is 2. The van der Waals surface area contributed by atoms with Crippen LogP contribution in [-0.2, 0) is 16.2 Å². The molecule has 1 saturated carbocycles. The summed E-state index contributed by atoms with van der Waals surface area (Å²) in [5.41, 5.74) is -0.847. The predicted molar refractivity (Wildman–Crippen MR) is 118 cm³/mol. The van der Waals surface area contributed by atoms with Gasteiger partial charge in [0.15, 0.2) is 0 Å². The molecule has 0 N–H and O–H groups in total. The SMILES string of the molecule is C=CCN(C)CCCC[C@H]1CC[C@H](CN(C)S(=O)(=O)c2ccc(C(F)(F)F)cc2)CC1. The number of sulfonamides is 1. The molecule has 4 nitrogen and oxygen atoms in total. The zero-order valence-electron chi connectivity index (χ0n) is 18.6. The molecule has 0 bridgehead atoms. The Balaban J connectivity index is 1.77. The number of likely N-dealkylation sites (N-methyl/N-ethyl adjacent to an activating group) is 1. The Morgan fingerprint density at radius 1 is 1.03 bits per heavy atom. The molecule has 2 rings (SSSR count). The van der Waals surface area contributed by atoms with Gasteiger partial charge in [-0.1, -0.05) is 31.8 Å². The van der Waals surface area contributed by atoms with Crippen LogP contribution in [0.5, 0.6) is 0 Å². The van der Waals surface area contributed by atoms with Gasteiger partial charge in [-0.3, -0.25) is 0 Å². The van der Waals surface area contributed by atoms with Crippen molar-refractivity contribution < 1.29 is 21.6 Å². The quantitative estimate of drug-likeness (QED) is 0.327. The molecule has 1 aliphatic carbocycles. The summed E-state index contributed by atoms with van der Waals surface area (Å²) in [7, 11) is -0.178. The summed E-state index contributed by atoms with van der Waals surface area (Å²) >= 11 is 0. The number of benzene rings is 1. The number of rotatable bonds is 11. The van der Waals surface area contributed by atoms with Crippen LogP contribution in [0.4, 0.5) is 13.2 Å². The molecule has 1 aliphatic rings. The Bertz CT molecular complexity index is 786. The van der Waals surface area contributed by atoms with Crippen LogP contribution in [0.25, 0.3) is 0 Å². The second-order valence-electron chi connectivity index (χ2n) is 8.74. The smallest absolute Gasteiger partial charge is 0.303 e. The maximum Gasteiger partial charge on any atom is 0.416 e. The summed E-state index contributed by atoms with van der Waals surface area (Å²) in [5.74, 6) is 1.00. The average molecular weight is 461 g/mol. The van der Waals surface area contributed by atoms with Crippen molar-refractivity contribution in [1.29, 1.82) is 0 Å². The van der Waals surface area contributed by atoms with Crippen molar-refractivity contribution in [3.8, 4) is 0 Å². The van der Waals surface area contributed by atoms with Gasteiger partial charge in [-0.15, -0.1) is 6.58 Å². The minimum Gasteiger partial charge on any atom is -0.303 e. The molecule has 0 spiro atoms. The van der Waals surface area contributed by atoms with Gasteiger partial charge in [-0.25, -0.2) is 12.7 Å². The van der Waals surface area contributed by atoms with Crippen LogP contribution < -0.4 is 0 Å². The van der Waals surface area contributed by atoms with Crippen molar-refractivity contribution >= 4 is 10.0 Å². The molecule has 1 aromatic carbocycles. The molecular formula is C23H35F3N2O2S. The predicted octanol–water partition coefficient (Wildman–Crippen LogP) is 5.42. The van der Waals surface area contributed by atoms with Gasteiger partial charge in [0.2, 0.25) is 10.0 Å². The molecule has 0 amide bonds. The highest BCUT2D eigenvalue weighted by molar-refractivity contribution is 7.89. The number of unbranched alkanes of at least 4 members (excludes halogenated alkanes) is 1. The second-order valence-corrected chi connectivity index (χ2v) is 10.8. The fraction of sp³-hybridized carbons (Fsp3) is 0.652. The van der Waals surface area contributed by atoms with Crippen molar-refractivity contribution in [2.45, 2.75) is 56.0 Å². The van der Waals surface area contributed by atoms with Gasteiger partial charge in [-0.2, -0.15) is 13.2 Å². The molecule has 1 aromatic rings. The number of alkyl halides is 3. The lowest BCUT2D eigenvalue weighted by Gasteiger charge is -2.31. The zero-order valence-corrected chi connectivity index (χ0v) is 19.4. The molecule has 0 atom stereocenters. The number of halogens is 3. The summed E-state index contributed by atoms with van der Waals surface area (Å²) in [4.78, 5) is 2.16. The van der Waals surface area contributed by atoms with Crippen LogP contribution in [0.3, 0.4) is 0 Å². The highest BCUT2D eigenvalue weighted by atomic mass is 32.2. The molecular weight excluding hydrogens is 425 g/mol. The molecule has 0 heterocycles. The minimum absolute atomic E-state index is 0.0990. The molecule has 0 aromatic heterocycles. The van der Waals surface area contributed by atoms with E-state index in [0.29, 0.717) is 18.4 Å². The monoisotopic (exact) mass is 460 g/mol. The molecule has 8 heteroatoms. The van der Waals surface area contributed by atoms with Crippen molar-refractivity contribution in [2.24, 2.45) is 11.8 Å². The van der Waals surface area contributed by atoms with Crippen LogP contribution in [-0.4, -0.2) is 51.4 Å². The first-order chi connectivity index (χ1) is 14.5. The van der Waals surface area contributed by atoms with E-state index in [9.17, 15) is 21.6 Å². The van der Waals surface area contributed by atoms with Gasteiger partial charge in [0.25, 0.3) is 0 Å². The summed E-state index contributed by atoms with van der Waals surface area (Å²) in [5, 5.41) is 0. The Morgan fingerprint density at radius 3 is 2.16 bits per heavy atom. The topological polar surface area (TPSA) is 40.6 Å². The minimum atomic E-state index is -4.48. The van der Waals surface area contributed by atoms with Crippen LogP contribution in [0.2, 0.25) is 0 Å². The highest BCUT2D eigenvalue weighted by Gasteiger charge is 2.32. The van der Waals surface area contributed by atoms with Crippen LogP contribution in [0.1, 0.15) is 50.5 Å². The van der Waals surface area contributed by atoms with Crippen LogP contribution in [0, 0.1) is 11.8 Å². The fourth-order valence-electron chi connectivity index (χ4n) is 4.29. The maximum atomic E-state index is 12.7. The van der Waals surface area contributed by atoms with E-state index in [1.807, 2.05) is 6.08 Å². The standard InChI is InChI=1S/C23H35F3N2O2S/c1-4-16-27(2)17-6-5-7-19-8-10-20(11-9-19)18-28(3)31(29,30)22-14-12-21(13-15-22)23(24,25)26/h4,12-15,19-20H,1,5-11,16-18H2,2-3H3/t19-,20-. The van der Waals surface area contributed by atoms with Crippen LogP contribution >= 0.6 is 0 Å². The zero-order chi connectivity index (χ0) is 23.1. The summed E-state index contributed by atoms with van der Waals surface area (Å²) < 4.78 is 64.9. The summed E-state index contributed by atoms with van der Waals surface area (Å²) in [6.07, 6.45) is 5.25. The Kier molecular flexibility index (Phi) is 9.58. The first-order valence-electron chi connectivity index (χ1n) is 11.0. The van der Waals surface area contributed by atoms with E-state index >= 15 is 0 Å². The number of hydrogen-bond donors (Lipinski definition) is 0. The van der Waals surface area contributed by atoms with Crippen LogP contribution in [0.15, 0.2) is 41.8 Å². The van der Waals surface area contributed by atoms with Crippen molar-refractivity contribution in [3.63, 3.8) is 0 Å². The summed E-state index contributed by atoms with van der Waals surface area (Å²) in [6, 6.07) is 3.72. The molecule has 1 fully saturated rings. The van der Waals surface area contributed by atoms with Crippen molar-refractivity contribution in [2.75, 3.05) is 33.7 Å². The molecule has 31 heavy (non-hydrogen) atoms. The van der Waals surface area contributed by atoms with Gasteiger partial charge in [0.05, 0.1) is 10.5 Å². The van der Waals surface area contributed by atoms with E-state index in [1.54, 1.807) is 0 Å². The lowest BCUT2D eigenvalue weighted by atomic mass is 9.80. The third-order valence-electron chi connectivity index (χ3n) is 6.21. The van der Waals surface area contributed by atoms with Gasteiger partial charge >= 0.3 is 6.18 Å². The van der Waals surface area contributed by atoms with E-state index in [1.165, 1.54) is 30.6 Å². The van der Waals surface area contributed by atoms with E-state index in [0.717, 1.165) is 63.0 Å². The van der Waals surface area contributed by atoms with E-state index in [2.05, 4.69) is 18.5 Å². The summed E-state index contributed by atoms with van der Waals surface area (Å²) in [6.45, 7) is 6.14. The Hall–Kier alpha value is -1.38. The third-order valence-corrected chi connectivity index (χ3v) is 8.05. The average Bonchev–Trinajstić information content (AvgIpc) is 2.72. The van der Waals surface area contributed by atoms with Gasteiger partial charge in [0.1, 0.15) is 0 Å². The van der Waals surface area contributed by atoms with E-state index < -0.39 is 21.8 Å². The normalized spacial score (nSPS) is 20.4. The van der Waals surface area contributed by atoms with Gasteiger partial charge in [-0.05, 0) is 69.0 Å². The molecule has 0 saturated heterocycles. The Labute approximate surface area is 185 Å². The first kappa shape index (κ1) is 25.9. The highest BCUT2D eigenvalue weighted by Crippen LogP contribution is 2.33. The first-order valence-corrected chi connectivity index (χ1v) is 12.4. The molecule has 0 unspecified atom stereocenters. The maximum absolute atomic E-state index is 12.7. The van der Waals surface area contributed by atoms with E-state index in [4.69, 9.17) is 0 Å². The van der Waals surface area contributed by atoms with Gasteiger partial charge < -0.3 is 4.90 Å². The lowest BCUT2D eigenvalue weighted by Crippen LogP contribution is -2.33. The fourth-order valence-corrected chi connectivity index (χ4v) is 5.53. The van der Waals surface area contributed by atoms with E-state index in [-0.39, 0.29) is 4.90 Å². The van der Waals surface area contributed by atoms with Crippen molar-refractivity contribution in [1.82, 2.24) is 9.21 Å². The molecule has 176 valence electrons. The second kappa shape index (κ2) is 11.5. The van der Waals surface area contributed by atoms with Crippen molar-refractivity contribution in [3.05, 3.63) is 42.5 Å². The molecule has 0 radical (unpaired) electrons. The largest absolute Gasteiger partial charge is 0.416 e. The third kappa shape index (κ3) is 7.91. The number of hydrogen-bond acceptors (Lipinski definition) is 3. The lowest BCUT2D eigenvalue weighted by molar-refractivity contribution is -0.137. The molecule has 0 aliphatic heterocycles.